The lowest BCUT2D eigenvalue weighted by Gasteiger charge is -2.15. The molecule has 0 heterocycles. The zero-order chi connectivity index (χ0) is 21.3. The van der Waals surface area contributed by atoms with Gasteiger partial charge in [-0.2, -0.15) is 4.72 Å². The van der Waals surface area contributed by atoms with Crippen molar-refractivity contribution in [3.63, 3.8) is 0 Å². The van der Waals surface area contributed by atoms with Gasteiger partial charge in [-0.1, -0.05) is 30.3 Å². The molecule has 0 fully saturated rings. The zero-order valence-corrected chi connectivity index (χ0v) is 16.4. The summed E-state index contributed by atoms with van der Waals surface area (Å²) >= 11 is 0. The molecular weight excluding hydrogens is 398 g/mol. The first-order chi connectivity index (χ1) is 13.8. The normalized spacial score (nSPS) is 12.3. The molecule has 0 unspecified atom stereocenters. The number of carbonyl (C=O) groups is 2. The average molecular weight is 421 g/mol. The maximum atomic E-state index is 12.3. The molecule has 9 nitrogen and oxygen atoms in total. The van der Waals surface area contributed by atoms with Gasteiger partial charge in [0.2, 0.25) is 10.0 Å². The van der Waals surface area contributed by atoms with Crippen LogP contribution in [0.15, 0.2) is 59.5 Å². The molecular formula is C19H23N3O6S. The molecule has 0 saturated heterocycles. The lowest BCUT2D eigenvalue weighted by atomic mass is 10.1. The number of carboxylic acid groups (broad SMARTS) is 1. The molecule has 0 aliphatic heterocycles. The van der Waals surface area contributed by atoms with Gasteiger partial charge in [-0.25, -0.2) is 8.42 Å². The molecule has 0 radical (unpaired) electrons. The van der Waals surface area contributed by atoms with Crippen LogP contribution < -0.4 is 15.8 Å². The van der Waals surface area contributed by atoms with Gasteiger partial charge < -0.3 is 20.9 Å². The highest BCUT2D eigenvalue weighted by molar-refractivity contribution is 7.89. The van der Waals surface area contributed by atoms with E-state index in [1.807, 2.05) is 0 Å². The number of carbonyl (C=O) groups excluding carboxylic acids is 1. The fourth-order valence-corrected chi connectivity index (χ4v) is 3.57. The number of hydrogen-bond donors (Lipinski definition) is 4. The summed E-state index contributed by atoms with van der Waals surface area (Å²) in [5.74, 6) is -1.93. The predicted molar refractivity (Wildman–Crippen MR) is 106 cm³/mol. The Morgan fingerprint density at radius 1 is 1.07 bits per heavy atom. The lowest BCUT2D eigenvalue weighted by Crippen LogP contribution is -2.48. The van der Waals surface area contributed by atoms with Crippen molar-refractivity contribution >= 4 is 21.9 Å². The summed E-state index contributed by atoms with van der Waals surface area (Å²) in [6, 6.07) is 12.4. The third kappa shape index (κ3) is 6.95. The van der Waals surface area contributed by atoms with Gasteiger partial charge in [0, 0.05) is 18.7 Å². The molecule has 0 spiro atoms. The number of hydrogen-bond acceptors (Lipinski definition) is 6. The molecule has 156 valence electrons. The first-order valence-corrected chi connectivity index (χ1v) is 10.3. The van der Waals surface area contributed by atoms with E-state index in [-0.39, 0.29) is 4.90 Å². The third-order valence-electron chi connectivity index (χ3n) is 3.86. The van der Waals surface area contributed by atoms with Gasteiger partial charge in [-0.15, -0.1) is 0 Å². The highest BCUT2D eigenvalue weighted by atomic mass is 32.2. The van der Waals surface area contributed by atoms with E-state index < -0.39 is 34.5 Å². The third-order valence-corrected chi connectivity index (χ3v) is 5.35. The number of benzene rings is 2. The van der Waals surface area contributed by atoms with Crippen LogP contribution in [-0.4, -0.2) is 51.1 Å². The SMILES string of the molecule is NCCOCc1ccc(C(=O)NC[C@H](NS(=O)(=O)c2ccccc2)C(=O)O)cc1. The van der Waals surface area contributed by atoms with Crippen LogP contribution in [0.1, 0.15) is 15.9 Å². The van der Waals surface area contributed by atoms with Crippen molar-refractivity contribution < 1.29 is 27.9 Å². The summed E-state index contributed by atoms with van der Waals surface area (Å²) in [6.07, 6.45) is 0. The molecule has 1 amide bonds. The number of rotatable bonds is 11. The summed E-state index contributed by atoms with van der Waals surface area (Å²) in [5.41, 5.74) is 6.51. The Hall–Kier alpha value is -2.79. The van der Waals surface area contributed by atoms with Crippen LogP contribution in [0, 0.1) is 0 Å². The Kier molecular flexibility index (Phi) is 8.28. The first kappa shape index (κ1) is 22.5. The van der Waals surface area contributed by atoms with Crippen molar-refractivity contribution in [2.45, 2.75) is 17.5 Å². The largest absolute Gasteiger partial charge is 0.480 e. The molecule has 1 atom stereocenters. The molecule has 29 heavy (non-hydrogen) atoms. The number of ether oxygens (including phenoxy) is 1. The van der Waals surface area contributed by atoms with Crippen LogP contribution in [-0.2, 0) is 26.2 Å². The molecule has 2 aromatic carbocycles. The minimum absolute atomic E-state index is 0.0648. The van der Waals surface area contributed by atoms with E-state index in [4.69, 9.17) is 10.5 Å². The van der Waals surface area contributed by atoms with Gasteiger partial charge in [0.1, 0.15) is 6.04 Å². The summed E-state index contributed by atoms with van der Waals surface area (Å²) in [7, 11) is -4.04. The predicted octanol–water partition coefficient (Wildman–Crippen LogP) is 0.323. The number of nitrogens with one attached hydrogen (secondary N) is 2. The van der Waals surface area contributed by atoms with E-state index in [1.54, 1.807) is 30.3 Å². The molecule has 10 heteroatoms. The van der Waals surface area contributed by atoms with Crippen LogP contribution in [0.5, 0.6) is 0 Å². The van der Waals surface area contributed by atoms with Crippen molar-refractivity contribution in [1.82, 2.24) is 10.0 Å². The fourth-order valence-electron chi connectivity index (χ4n) is 2.36. The monoisotopic (exact) mass is 421 g/mol. The molecule has 0 aliphatic rings. The number of amides is 1. The second kappa shape index (κ2) is 10.7. The second-order valence-corrected chi connectivity index (χ2v) is 7.79. The molecule has 2 rings (SSSR count). The highest BCUT2D eigenvalue weighted by Gasteiger charge is 2.25. The molecule has 0 saturated carbocycles. The molecule has 0 aliphatic carbocycles. The number of carboxylic acids is 1. The average Bonchev–Trinajstić information content (AvgIpc) is 2.72. The summed E-state index contributed by atoms with van der Waals surface area (Å²) in [6.45, 7) is 0.792. The first-order valence-electron chi connectivity index (χ1n) is 8.78. The Morgan fingerprint density at radius 3 is 2.31 bits per heavy atom. The van der Waals surface area contributed by atoms with Crippen LogP contribution >= 0.6 is 0 Å². The van der Waals surface area contributed by atoms with Crippen LogP contribution in [0.2, 0.25) is 0 Å². The maximum Gasteiger partial charge on any atom is 0.323 e. The quantitative estimate of drug-likeness (QED) is 0.382. The molecule has 5 N–H and O–H groups in total. The van der Waals surface area contributed by atoms with Crippen molar-refractivity contribution in [1.29, 1.82) is 0 Å². The Morgan fingerprint density at radius 2 is 1.72 bits per heavy atom. The van der Waals surface area contributed by atoms with Crippen molar-refractivity contribution in [2.24, 2.45) is 5.73 Å². The Balaban J connectivity index is 1.96. The number of aliphatic carboxylic acids is 1. The van der Waals surface area contributed by atoms with Gasteiger partial charge in [-0.05, 0) is 29.8 Å². The molecule has 2 aromatic rings. The topological polar surface area (TPSA) is 148 Å². The van der Waals surface area contributed by atoms with E-state index in [0.717, 1.165) is 5.56 Å². The minimum atomic E-state index is -4.04. The smallest absolute Gasteiger partial charge is 0.323 e. The molecule has 0 bridgehead atoms. The van der Waals surface area contributed by atoms with Gasteiger partial charge in [0.15, 0.2) is 0 Å². The molecule has 0 aromatic heterocycles. The van der Waals surface area contributed by atoms with E-state index >= 15 is 0 Å². The van der Waals surface area contributed by atoms with E-state index in [9.17, 15) is 23.1 Å². The highest BCUT2D eigenvalue weighted by Crippen LogP contribution is 2.09. The maximum absolute atomic E-state index is 12.3. The van der Waals surface area contributed by atoms with Crippen LogP contribution in [0.25, 0.3) is 0 Å². The van der Waals surface area contributed by atoms with Crippen LogP contribution in [0.4, 0.5) is 0 Å². The van der Waals surface area contributed by atoms with Crippen molar-refractivity contribution in [3.8, 4) is 0 Å². The summed E-state index contributed by atoms with van der Waals surface area (Å²) in [5, 5.41) is 11.7. The van der Waals surface area contributed by atoms with Gasteiger partial charge >= 0.3 is 5.97 Å². The summed E-state index contributed by atoms with van der Waals surface area (Å²) in [4.78, 5) is 23.6. The van der Waals surface area contributed by atoms with Crippen LogP contribution in [0.3, 0.4) is 0 Å². The second-order valence-electron chi connectivity index (χ2n) is 6.07. The Labute approximate surface area is 168 Å². The van der Waals surface area contributed by atoms with E-state index in [1.165, 1.54) is 24.3 Å². The zero-order valence-electron chi connectivity index (χ0n) is 15.6. The standard InChI is InChI=1S/C19H23N3O6S/c20-10-11-28-13-14-6-8-15(9-7-14)18(23)21-12-17(19(24)25)22-29(26,27)16-4-2-1-3-5-16/h1-9,17,22H,10-13,20H2,(H,21,23)(H,24,25)/t17-/m0/s1. The summed E-state index contributed by atoms with van der Waals surface area (Å²) < 4.78 is 32.0. The Bertz CT molecular complexity index is 917. The fraction of sp³-hybridized carbons (Fsp3) is 0.263. The van der Waals surface area contributed by atoms with Gasteiger partial charge in [-0.3, -0.25) is 9.59 Å². The van der Waals surface area contributed by atoms with Crippen molar-refractivity contribution in [3.05, 3.63) is 65.7 Å². The van der Waals surface area contributed by atoms with Gasteiger partial charge in [0.25, 0.3) is 5.91 Å². The van der Waals surface area contributed by atoms with E-state index in [2.05, 4.69) is 10.0 Å². The lowest BCUT2D eigenvalue weighted by molar-refractivity contribution is -0.138. The van der Waals surface area contributed by atoms with Gasteiger partial charge in [0.05, 0.1) is 18.1 Å². The minimum Gasteiger partial charge on any atom is -0.480 e. The number of sulfonamides is 1. The van der Waals surface area contributed by atoms with Crippen molar-refractivity contribution in [2.75, 3.05) is 19.7 Å². The van der Waals surface area contributed by atoms with E-state index in [0.29, 0.717) is 25.3 Å². The number of nitrogens with two attached hydrogens (primary N) is 1.